The first-order valence-electron chi connectivity index (χ1n) is 9.62. The molecule has 2 fully saturated rings. The largest absolute Gasteiger partial charge is 0.469 e. The number of hydrogen-bond acceptors (Lipinski definition) is 8. The van der Waals surface area contributed by atoms with E-state index in [0.717, 1.165) is 5.56 Å². The van der Waals surface area contributed by atoms with Gasteiger partial charge in [-0.1, -0.05) is 30.3 Å². The fourth-order valence-corrected chi connectivity index (χ4v) is 3.79. The van der Waals surface area contributed by atoms with Gasteiger partial charge in [-0.05, 0) is 19.4 Å². The lowest BCUT2D eigenvalue weighted by atomic mass is 9.93. The Balaban J connectivity index is 1.72. The zero-order valence-electron chi connectivity index (χ0n) is 17.2. The molecule has 8 heteroatoms. The Morgan fingerprint density at radius 2 is 1.76 bits per heavy atom. The molecule has 0 amide bonds. The molecule has 0 aromatic heterocycles. The van der Waals surface area contributed by atoms with E-state index in [9.17, 15) is 9.59 Å². The van der Waals surface area contributed by atoms with Gasteiger partial charge in [0.05, 0.1) is 39.8 Å². The van der Waals surface area contributed by atoms with Crippen molar-refractivity contribution in [3.05, 3.63) is 35.9 Å². The zero-order valence-corrected chi connectivity index (χ0v) is 17.2. The van der Waals surface area contributed by atoms with E-state index < -0.39 is 48.1 Å². The van der Waals surface area contributed by atoms with Crippen LogP contribution in [0.4, 0.5) is 0 Å². The molecule has 0 radical (unpaired) electrons. The highest BCUT2D eigenvalue weighted by molar-refractivity contribution is 5.80. The molecule has 2 aliphatic heterocycles. The van der Waals surface area contributed by atoms with Crippen LogP contribution in [0.15, 0.2) is 30.3 Å². The monoisotopic (exact) mass is 408 g/mol. The molecule has 1 aromatic carbocycles. The van der Waals surface area contributed by atoms with Crippen molar-refractivity contribution in [3.8, 4) is 0 Å². The van der Waals surface area contributed by atoms with Crippen LogP contribution in [0, 0.1) is 5.92 Å². The van der Waals surface area contributed by atoms with Gasteiger partial charge in [0.15, 0.2) is 5.79 Å². The third kappa shape index (κ3) is 5.14. The van der Waals surface area contributed by atoms with Crippen LogP contribution in [0.5, 0.6) is 0 Å². The van der Waals surface area contributed by atoms with E-state index in [0.29, 0.717) is 6.61 Å². The summed E-state index contributed by atoms with van der Waals surface area (Å²) in [4.78, 5) is 24.2. The fraction of sp³-hybridized carbons (Fsp3) is 0.619. The molecule has 2 heterocycles. The van der Waals surface area contributed by atoms with Crippen LogP contribution in [-0.4, -0.2) is 63.0 Å². The molecule has 1 unspecified atom stereocenters. The van der Waals surface area contributed by atoms with Crippen LogP contribution in [-0.2, 0) is 44.6 Å². The lowest BCUT2D eigenvalue weighted by molar-refractivity contribution is -0.202. The Kier molecular flexibility index (Phi) is 6.89. The van der Waals surface area contributed by atoms with E-state index in [4.69, 9.17) is 28.4 Å². The molecular formula is C21H28O8. The van der Waals surface area contributed by atoms with E-state index in [1.165, 1.54) is 14.2 Å². The van der Waals surface area contributed by atoms with Crippen molar-refractivity contribution >= 4 is 11.9 Å². The minimum Gasteiger partial charge on any atom is -0.469 e. The second kappa shape index (κ2) is 9.21. The van der Waals surface area contributed by atoms with Gasteiger partial charge in [-0.2, -0.15) is 0 Å². The summed E-state index contributed by atoms with van der Waals surface area (Å²) < 4.78 is 33.6. The van der Waals surface area contributed by atoms with Crippen LogP contribution in [0.2, 0.25) is 0 Å². The molecule has 8 nitrogen and oxygen atoms in total. The Labute approximate surface area is 170 Å². The van der Waals surface area contributed by atoms with E-state index >= 15 is 0 Å². The van der Waals surface area contributed by atoms with Crippen LogP contribution < -0.4 is 0 Å². The van der Waals surface area contributed by atoms with Gasteiger partial charge in [-0.3, -0.25) is 9.59 Å². The van der Waals surface area contributed by atoms with Gasteiger partial charge < -0.3 is 28.4 Å². The standard InChI is InChI=1S/C21H28O8/c1-21(2)28-18-15(12-26-11-13-8-6-5-7-9-13)27-17(19(18)29-21)14(20(23)25-4)10-16(22)24-3/h5-9,14-15,17-19H,10-12H2,1-4H3/t14?,15-,17+,18-,19+/m1/s1. The second-order valence-electron chi connectivity index (χ2n) is 7.61. The number of carbonyl (C=O) groups excluding carboxylic acids is 2. The molecule has 1 aromatic rings. The van der Waals surface area contributed by atoms with Gasteiger partial charge in [0.25, 0.3) is 0 Å². The Morgan fingerprint density at radius 1 is 1.07 bits per heavy atom. The van der Waals surface area contributed by atoms with Gasteiger partial charge in [-0.15, -0.1) is 0 Å². The molecule has 0 saturated carbocycles. The number of fused-ring (bicyclic) bond motifs is 1. The summed E-state index contributed by atoms with van der Waals surface area (Å²) in [5.41, 5.74) is 1.04. The quantitative estimate of drug-likeness (QED) is 0.602. The normalized spacial score (nSPS) is 28.6. The molecule has 160 valence electrons. The number of rotatable bonds is 8. The summed E-state index contributed by atoms with van der Waals surface area (Å²) in [5.74, 6) is -2.78. The smallest absolute Gasteiger partial charge is 0.312 e. The molecule has 0 spiro atoms. The topological polar surface area (TPSA) is 89.5 Å². The van der Waals surface area contributed by atoms with Crippen LogP contribution in [0.3, 0.4) is 0 Å². The summed E-state index contributed by atoms with van der Waals surface area (Å²) in [6, 6.07) is 9.78. The van der Waals surface area contributed by atoms with Gasteiger partial charge >= 0.3 is 11.9 Å². The number of benzene rings is 1. The van der Waals surface area contributed by atoms with Crippen molar-refractivity contribution < 1.29 is 38.0 Å². The third-order valence-corrected chi connectivity index (χ3v) is 5.09. The first-order valence-corrected chi connectivity index (χ1v) is 9.62. The third-order valence-electron chi connectivity index (χ3n) is 5.09. The summed E-state index contributed by atoms with van der Waals surface area (Å²) in [6.45, 7) is 4.29. The Morgan fingerprint density at radius 3 is 2.41 bits per heavy atom. The lowest BCUT2D eigenvalue weighted by Crippen LogP contribution is -2.40. The maximum Gasteiger partial charge on any atom is 0.312 e. The zero-order chi connectivity index (χ0) is 21.0. The second-order valence-corrected chi connectivity index (χ2v) is 7.61. The van der Waals surface area contributed by atoms with Gasteiger partial charge in [0.1, 0.15) is 24.4 Å². The van der Waals surface area contributed by atoms with Crippen molar-refractivity contribution in [1.82, 2.24) is 0 Å². The van der Waals surface area contributed by atoms with Crippen LogP contribution in [0.1, 0.15) is 25.8 Å². The van der Waals surface area contributed by atoms with E-state index in [1.807, 2.05) is 30.3 Å². The molecule has 2 aliphatic rings. The highest BCUT2D eigenvalue weighted by Gasteiger charge is 2.58. The molecular weight excluding hydrogens is 380 g/mol. The first kappa shape index (κ1) is 21.7. The van der Waals surface area contributed by atoms with E-state index in [1.54, 1.807) is 13.8 Å². The molecule has 0 N–H and O–H groups in total. The average Bonchev–Trinajstić information content (AvgIpc) is 3.19. The number of hydrogen-bond donors (Lipinski definition) is 0. The summed E-state index contributed by atoms with van der Waals surface area (Å²) >= 11 is 0. The number of ether oxygens (including phenoxy) is 6. The fourth-order valence-electron chi connectivity index (χ4n) is 3.79. The highest BCUT2D eigenvalue weighted by atomic mass is 16.8. The summed E-state index contributed by atoms with van der Waals surface area (Å²) in [6.07, 6.45) is -2.27. The van der Waals surface area contributed by atoms with Crippen molar-refractivity contribution in [2.75, 3.05) is 20.8 Å². The van der Waals surface area contributed by atoms with Gasteiger partial charge in [-0.25, -0.2) is 0 Å². The maximum absolute atomic E-state index is 12.4. The minimum atomic E-state index is -0.864. The van der Waals surface area contributed by atoms with Gasteiger partial charge in [0.2, 0.25) is 0 Å². The van der Waals surface area contributed by atoms with Crippen LogP contribution in [0.25, 0.3) is 0 Å². The Bertz CT molecular complexity index is 704. The van der Waals surface area contributed by atoms with E-state index in [-0.39, 0.29) is 13.0 Å². The molecule has 3 rings (SSSR count). The number of esters is 2. The number of carbonyl (C=O) groups is 2. The SMILES string of the molecule is COC(=O)CC(C(=O)OC)[C@@H]1O[C@H](COCc2ccccc2)[C@H]2OC(C)(C)O[C@H]21. The molecule has 0 aliphatic carbocycles. The van der Waals surface area contributed by atoms with E-state index in [2.05, 4.69) is 0 Å². The van der Waals surface area contributed by atoms with Crippen molar-refractivity contribution in [1.29, 1.82) is 0 Å². The average molecular weight is 408 g/mol. The Hall–Kier alpha value is -2.00. The maximum atomic E-state index is 12.4. The predicted octanol–water partition coefficient (Wildman–Crippen LogP) is 1.84. The summed E-state index contributed by atoms with van der Waals surface area (Å²) in [7, 11) is 2.54. The molecule has 2 saturated heterocycles. The molecule has 5 atom stereocenters. The molecule has 0 bridgehead atoms. The van der Waals surface area contributed by atoms with Gasteiger partial charge in [0, 0.05) is 0 Å². The number of methoxy groups -OCH3 is 2. The minimum absolute atomic E-state index is 0.168. The van der Waals surface area contributed by atoms with Crippen molar-refractivity contribution in [2.45, 2.75) is 57.1 Å². The molecule has 29 heavy (non-hydrogen) atoms. The highest BCUT2D eigenvalue weighted by Crippen LogP contribution is 2.42. The lowest BCUT2D eigenvalue weighted by Gasteiger charge is -2.27. The summed E-state index contributed by atoms with van der Waals surface area (Å²) in [5, 5.41) is 0. The van der Waals surface area contributed by atoms with Crippen molar-refractivity contribution in [3.63, 3.8) is 0 Å². The van der Waals surface area contributed by atoms with Crippen molar-refractivity contribution in [2.24, 2.45) is 5.92 Å². The first-order chi connectivity index (χ1) is 13.8. The predicted molar refractivity (Wildman–Crippen MR) is 101 cm³/mol. The van der Waals surface area contributed by atoms with Crippen LogP contribution >= 0.6 is 0 Å².